The van der Waals surface area contributed by atoms with E-state index in [1.165, 1.54) is 0 Å². The first-order valence-corrected chi connectivity index (χ1v) is 9.83. The molecular formula is C18H23ClN2O2S. The molecule has 0 fully saturated rings. The third-order valence-electron chi connectivity index (χ3n) is 3.88. The molecule has 0 heterocycles. The van der Waals surface area contributed by atoms with E-state index in [0.29, 0.717) is 18.0 Å². The Kier molecular flexibility index (Phi) is 6.80. The monoisotopic (exact) mass is 366 g/mol. The van der Waals surface area contributed by atoms with E-state index in [0.717, 1.165) is 11.1 Å². The van der Waals surface area contributed by atoms with E-state index in [1.54, 1.807) is 0 Å². The number of likely N-dealkylation sites (N-methyl/N-ethyl adjacent to an activating group) is 1. The number of nitrogens with zero attached hydrogens (tertiary/aromatic N) is 1. The van der Waals surface area contributed by atoms with Crippen LogP contribution in [0.4, 0.5) is 0 Å². The molecule has 0 amide bonds. The van der Waals surface area contributed by atoms with Crippen LogP contribution in [0.2, 0.25) is 5.02 Å². The number of hydrogen-bond donors (Lipinski definition) is 1. The smallest absolute Gasteiger partial charge is 0.211 e. The van der Waals surface area contributed by atoms with Crippen molar-refractivity contribution in [2.24, 2.45) is 0 Å². The van der Waals surface area contributed by atoms with Gasteiger partial charge in [0.1, 0.15) is 0 Å². The number of rotatable bonds is 8. The topological polar surface area (TPSA) is 49.4 Å². The van der Waals surface area contributed by atoms with Gasteiger partial charge >= 0.3 is 0 Å². The number of benzene rings is 2. The Morgan fingerprint density at radius 3 is 2.25 bits per heavy atom. The van der Waals surface area contributed by atoms with Crippen molar-refractivity contribution in [2.75, 3.05) is 26.4 Å². The van der Waals surface area contributed by atoms with Crippen molar-refractivity contribution < 1.29 is 8.42 Å². The summed E-state index contributed by atoms with van der Waals surface area (Å²) in [6.45, 7) is 0.325. The third-order valence-corrected chi connectivity index (χ3v) is 5.48. The molecule has 0 spiro atoms. The predicted molar refractivity (Wildman–Crippen MR) is 99.8 cm³/mol. The molecule has 2 aromatic carbocycles. The molecule has 24 heavy (non-hydrogen) atoms. The Morgan fingerprint density at radius 2 is 1.67 bits per heavy atom. The molecule has 0 saturated heterocycles. The molecule has 0 bridgehead atoms. The van der Waals surface area contributed by atoms with Crippen LogP contribution >= 0.6 is 11.6 Å². The fraction of sp³-hybridized carbons (Fsp3) is 0.333. The van der Waals surface area contributed by atoms with Crippen LogP contribution in [0, 0.1) is 0 Å². The minimum Gasteiger partial charge on any atom is -0.301 e. The Hall–Kier alpha value is -1.40. The molecule has 130 valence electrons. The highest BCUT2D eigenvalue weighted by Gasteiger charge is 2.18. The van der Waals surface area contributed by atoms with Crippen molar-refractivity contribution in [3.05, 3.63) is 70.7 Å². The maximum absolute atomic E-state index is 12.3. The lowest BCUT2D eigenvalue weighted by atomic mass is 10.1. The molecule has 0 radical (unpaired) electrons. The highest BCUT2D eigenvalue weighted by Crippen LogP contribution is 2.20. The fourth-order valence-corrected chi connectivity index (χ4v) is 3.65. The van der Waals surface area contributed by atoms with Crippen molar-refractivity contribution in [3.8, 4) is 0 Å². The molecule has 0 aliphatic heterocycles. The van der Waals surface area contributed by atoms with E-state index in [9.17, 15) is 8.42 Å². The highest BCUT2D eigenvalue weighted by atomic mass is 35.5. The summed E-state index contributed by atoms with van der Waals surface area (Å²) in [6, 6.07) is 17.1. The van der Waals surface area contributed by atoms with E-state index < -0.39 is 10.0 Å². The summed E-state index contributed by atoms with van der Waals surface area (Å²) in [4.78, 5) is 1.99. The Bertz CT molecular complexity index is 731. The zero-order valence-electron chi connectivity index (χ0n) is 13.9. The Labute approximate surface area is 149 Å². The maximum Gasteiger partial charge on any atom is 0.211 e. The summed E-state index contributed by atoms with van der Waals surface area (Å²) in [7, 11) is 0.529. The van der Waals surface area contributed by atoms with Gasteiger partial charge in [0.2, 0.25) is 10.0 Å². The van der Waals surface area contributed by atoms with Gasteiger partial charge in [-0.05, 0) is 43.8 Å². The molecular weight excluding hydrogens is 344 g/mol. The van der Waals surface area contributed by atoms with Crippen LogP contribution in [-0.2, 0) is 16.4 Å². The summed E-state index contributed by atoms with van der Waals surface area (Å²) >= 11 is 5.92. The second-order valence-corrected chi connectivity index (χ2v) is 8.30. The van der Waals surface area contributed by atoms with Gasteiger partial charge in [-0.1, -0.05) is 54.1 Å². The number of hydrogen-bond acceptors (Lipinski definition) is 3. The summed E-state index contributed by atoms with van der Waals surface area (Å²) in [5.41, 5.74) is 2.04. The maximum atomic E-state index is 12.3. The van der Waals surface area contributed by atoms with E-state index in [1.807, 2.05) is 73.6 Å². The van der Waals surface area contributed by atoms with Crippen LogP contribution in [0.3, 0.4) is 0 Å². The lowest BCUT2D eigenvalue weighted by Gasteiger charge is -2.25. The third kappa shape index (κ3) is 5.91. The molecule has 1 unspecified atom stereocenters. The lowest BCUT2D eigenvalue weighted by Crippen LogP contribution is -2.36. The Morgan fingerprint density at radius 1 is 1.04 bits per heavy atom. The minimum atomic E-state index is -3.33. The summed E-state index contributed by atoms with van der Waals surface area (Å²) < 4.78 is 27.3. The Balaban J connectivity index is 1.96. The van der Waals surface area contributed by atoms with E-state index in [4.69, 9.17) is 11.6 Å². The molecule has 2 aromatic rings. The van der Waals surface area contributed by atoms with E-state index >= 15 is 0 Å². The van der Waals surface area contributed by atoms with Gasteiger partial charge in [-0.3, -0.25) is 0 Å². The standard InChI is InChI=1S/C18H23ClN2O2S/c1-21(2)18(16-8-10-17(19)11-9-16)14-20-24(22,23)13-12-15-6-4-3-5-7-15/h3-11,18,20H,12-14H2,1-2H3. The summed E-state index contributed by atoms with van der Waals surface area (Å²) in [5, 5.41) is 0.666. The summed E-state index contributed by atoms with van der Waals surface area (Å²) in [6.07, 6.45) is 0.504. The SMILES string of the molecule is CN(C)C(CNS(=O)(=O)CCc1ccccc1)c1ccc(Cl)cc1. The molecule has 0 saturated carbocycles. The van der Waals surface area contributed by atoms with E-state index in [-0.39, 0.29) is 11.8 Å². The van der Waals surface area contributed by atoms with Crippen LogP contribution < -0.4 is 4.72 Å². The average molecular weight is 367 g/mol. The zero-order valence-corrected chi connectivity index (χ0v) is 15.5. The quantitative estimate of drug-likeness (QED) is 0.781. The van der Waals surface area contributed by atoms with Gasteiger partial charge in [0, 0.05) is 17.6 Å². The largest absolute Gasteiger partial charge is 0.301 e. The van der Waals surface area contributed by atoms with Crippen molar-refractivity contribution >= 4 is 21.6 Å². The lowest BCUT2D eigenvalue weighted by molar-refractivity contribution is 0.299. The fourth-order valence-electron chi connectivity index (χ4n) is 2.46. The number of halogens is 1. The van der Waals surface area contributed by atoms with Gasteiger partial charge in [-0.15, -0.1) is 0 Å². The number of nitrogens with one attached hydrogen (secondary N) is 1. The molecule has 0 aliphatic rings. The summed E-state index contributed by atoms with van der Waals surface area (Å²) in [5.74, 6) is 0.0811. The van der Waals surface area contributed by atoms with Gasteiger partial charge in [0.25, 0.3) is 0 Å². The molecule has 1 atom stereocenters. The first-order chi connectivity index (χ1) is 11.4. The van der Waals surface area contributed by atoms with Crippen LogP contribution in [-0.4, -0.2) is 39.7 Å². The molecule has 0 aromatic heterocycles. The van der Waals surface area contributed by atoms with Gasteiger partial charge in [0.15, 0.2) is 0 Å². The number of sulfonamides is 1. The van der Waals surface area contributed by atoms with Gasteiger partial charge in [0.05, 0.1) is 5.75 Å². The predicted octanol–water partition coefficient (Wildman–Crippen LogP) is 3.10. The molecule has 2 rings (SSSR count). The van der Waals surface area contributed by atoms with Crippen molar-refractivity contribution in [3.63, 3.8) is 0 Å². The highest BCUT2D eigenvalue weighted by molar-refractivity contribution is 7.89. The van der Waals surface area contributed by atoms with Crippen LogP contribution in [0.15, 0.2) is 54.6 Å². The molecule has 0 aliphatic carbocycles. The average Bonchev–Trinajstić information content (AvgIpc) is 2.55. The van der Waals surface area contributed by atoms with Crippen LogP contribution in [0.25, 0.3) is 0 Å². The minimum absolute atomic E-state index is 0.0474. The molecule has 6 heteroatoms. The van der Waals surface area contributed by atoms with E-state index in [2.05, 4.69) is 4.72 Å². The van der Waals surface area contributed by atoms with Crippen LogP contribution in [0.1, 0.15) is 17.2 Å². The zero-order chi connectivity index (χ0) is 17.6. The van der Waals surface area contributed by atoms with Crippen molar-refractivity contribution in [1.82, 2.24) is 9.62 Å². The first kappa shape index (κ1) is 18.9. The second-order valence-electron chi connectivity index (χ2n) is 5.93. The van der Waals surface area contributed by atoms with Gasteiger partial charge in [-0.25, -0.2) is 13.1 Å². The molecule has 1 N–H and O–H groups in total. The normalized spacial score (nSPS) is 13.2. The molecule has 4 nitrogen and oxygen atoms in total. The second kappa shape index (κ2) is 8.62. The first-order valence-electron chi connectivity index (χ1n) is 7.80. The number of aryl methyl sites for hydroxylation is 1. The van der Waals surface area contributed by atoms with Gasteiger partial charge < -0.3 is 4.90 Å². The van der Waals surface area contributed by atoms with Crippen molar-refractivity contribution in [2.45, 2.75) is 12.5 Å². The van der Waals surface area contributed by atoms with Crippen molar-refractivity contribution in [1.29, 1.82) is 0 Å². The van der Waals surface area contributed by atoms with Crippen LogP contribution in [0.5, 0.6) is 0 Å². The van der Waals surface area contributed by atoms with Gasteiger partial charge in [-0.2, -0.15) is 0 Å².